The molecule has 0 heterocycles. The van der Waals surface area contributed by atoms with Crippen molar-refractivity contribution in [3.05, 3.63) is 34.9 Å². The Hall–Kier alpha value is -1.29. The highest BCUT2D eigenvalue weighted by Crippen LogP contribution is 2.22. The molecule has 1 heteroatoms. The average molecular weight is 173 g/mol. The van der Waals surface area contributed by atoms with Gasteiger partial charge in [-0.1, -0.05) is 30.7 Å². The Balaban J connectivity index is 2.96. The smallest absolute Gasteiger partial charge is 0.0628 e. The fourth-order valence-electron chi connectivity index (χ4n) is 1.63. The lowest BCUT2D eigenvalue weighted by Gasteiger charge is -2.11. The third-order valence-electron chi connectivity index (χ3n) is 2.35. The summed E-state index contributed by atoms with van der Waals surface area (Å²) in [6, 6.07) is 8.62. The Morgan fingerprint density at radius 1 is 1.38 bits per heavy atom. The molecule has 1 atom stereocenters. The first-order valence-electron chi connectivity index (χ1n) is 4.59. The summed E-state index contributed by atoms with van der Waals surface area (Å²) in [5.41, 5.74) is 3.88. The van der Waals surface area contributed by atoms with Crippen molar-refractivity contribution < 1.29 is 0 Å². The minimum Gasteiger partial charge on any atom is -0.198 e. The lowest BCUT2D eigenvalue weighted by Crippen LogP contribution is -1.95. The molecule has 1 unspecified atom stereocenters. The van der Waals surface area contributed by atoms with E-state index in [1.54, 1.807) is 0 Å². The van der Waals surface area contributed by atoms with Crippen LogP contribution >= 0.6 is 0 Å². The fraction of sp³-hybridized carbons (Fsp3) is 0.417. The van der Waals surface area contributed by atoms with Crippen LogP contribution in [0.25, 0.3) is 0 Å². The van der Waals surface area contributed by atoms with Crippen LogP contribution in [0.15, 0.2) is 18.2 Å². The van der Waals surface area contributed by atoms with Crippen molar-refractivity contribution in [1.82, 2.24) is 0 Å². The van der Waals surface area contributed by atoms with Crippen LogP contribution < -0.4 is 0 Å². The summed E-state index contributed by atoms with van der Waals surface area (Å²) in [6.07, 6.45) is 0.601. The van der Waals surface area contributed by atoms with Crippen molar-refractivity contribution >= 4 is 0 Å². The van der Waals surface area contributed by atoms with Crippen LogP contribution in [0.2, 0.25) is 0 Å². The molecule has 0 N–H and O–H groups in total. The summed E-state index contributed by atoms with van der Waals surface area (Å²) in [4.78, 5) is 0. The van der Waals surface area contributed by atoms with E-state index in [0.29, 0.717) is 12.3 Å². The normalized spacial score (nSPS) is 12.2. The Labute approximate surface area is 80.0 Å². The lowest BCUT2D eigenvalue weighted by atomic mass is 9.93. The van der Waals surface area contributed by atoms with E-state index in [1.807, 2.05) is 0 Å². The van der Waals surface area contributed by atoms with Gasteiger partial charge in [-0.05, 0) is 30.9 Å². The molecule has 0 radical (unpaired) electrons. The molecule has 0 amide bonds. The van der Waals surface area contributed by atoms with Crippen molar-refractivity contribution in [3.63, 3.8) is 0 Å². The second kappa shape index (κ2) is 4.09. The number of rotatable bonds is 2. The number of hydrogen-bond donors (Lipinski definition) is 0. The molecule has 0 saturated carbocycles. The Bertz CT molecular complexity index is 333. The predicted octanol–water partition coefficient (Wildman–Crippen LogP) is 3.32. The van der Waals surface area contributed by atoms with Crippen molar-refractivity contribution in [2.45, 2.75) is 33.1 Å². The average Bonchev–Trinajstić information content (AvgIpc) is 2.04. The largest absolute Gasteiger partial charge is 0.198 e. The first kappa shape index (κ1) is 9.80. The molecular weight excluding hydrogens is 158 g/mol. The zero-order valence-corrected chi connectivity index (χ0v) is 8.46. The third kappa shape index (κ3) is 2.32. The number of benzene rings is 1. The monoisotopic (exact) mass is 173 g/mol. The molecular formula is C12H15N. The van der Waals surface area contributed by atoms with Gasteiger partial charge < -0.3 is 0 Å². The van der Waals surface area contributed by atoms with Crippen LogP contribution in [0.5, 0.6) is 0 Å². The molecule has 0 spiro atoms. The molecule has 0 aromatic heterocycles. The zero-order chi connectivity index (χ0) is 9.84. The standard InChI is InChI=1S/C12H15N/c1-9-4-5-12(11(3)8-9)10(2)6-7-13/h4-5,8,10H,6H2,1-3H3. The van der Waals surface area contributed by atoms with Crippen LogP contribution in [0.4, 0.5) is 0 Å². The number of nitrogens with zero attached hydrogens (tertiary/aromatic N) is 1. The van der Waals surface area contributed by atoms with Crippen molar-refractivity contribution in [1.29, 1.82) is 5.26 Å². The quantitative estimate of drug-likeness (QED) is 0.673. The number of hydrogen-bond acceptors (Lipinski definition) is 1. The second-order valence-corrected chi connectivity index (χ2v) is 3.62. The minimum absolute atomic E-state index is 0.352. The molecule has 0 saturated heterocycles. The molecule has 1 rings (SSSR count). The van der Waals surface area contributed by atoms with E-state index in [2.05, 4.69) is 45.0 Å². The summed E-state index contributed by atoms with van der Waals surface area (Å²) in [7, 11) is 0. The van der Waals surface area contributed by atoms with Gasteiger partial charge in [-0.15, -0.1) is 0 Å². The minimum atomic E-state index is 0.352. The molecule has 0 fully saturated rings. The summed E-state index contributed by atoms with van der Waals surface area (Å²) in [5.74, 6) is 0.352. The van der Waals surface area contributed by atoms with E-state index in [1.165, 1.54) is 16.7 Å². The van der Waals surface area contributed by atoms with E-state index in [4.69, 9.17) is 5.26 Å². The fourth-order valence-corrected chi connectivity index (χ4v) is 1.63. The second-order valence-electron chi connectivity index (χ2n) is 3.62. The molecule has 13 heavy (non-hydrogen) atoms. The topological polar surface area (TPSA) is 23.8 Å². The highest BCUT2D eigenvalue weighted by molar-refractivity contribution is 5.33. The predicted molar refractivity (Wildman–Crippen MR) is 54.6 cm³/mol. The first-order valence-corrected chi connectivity index (χ1v) is 4.59. The molecule has 0 aliphatic heterocycles. The van der Waals surface area contributed by atoms with Gasteiger partial charge in [0.15, 0.2) is 0 Å². The SMILES string of the molecule is Cc1ccc(C(C)CC#N)c(C)c1. The highest BCUT2D eigenvalue weighted by atomic mass is 14.2. The zero-order valence-electron chi connectivity index (χ0n) is 8.46. The van der Waals surface area contributed by atoms with Gasteiger partial charge in [0.2, 0.25) is 0 Å². The van der Waals surface area contributed by atoms with Crippen LogP contribution in [0.3, 0.4) is 0 Å². The van der Waals surface area contributed by atoms with Gasteiger partial charge in [0.1, 0.15) is 0 Å². The molecule has 0 aliphatic rings. The van der Waals surface area contributed by atoms with Crippen molar-refractivity contribution in [3.8, 4) is 6.07 Å². The highest BCUT2D eigenvalue weighted by Gasteiger charge is 2.07. The summed E-state index contributed by atoms with van der Waals surface area (Å²) >= 11 is 0. The maximum atomic E-state index is 8.59. The van der Waals surface area contributed by atoms with E-state index < -0.39 is 0 Å². The van der Waals surface area contributed by atoms with E-state index in [9.17, 15) is 0 Å². The molecule has 1 aromatic carbocycles. The molecule has 0 aliphatic carbocycles. The summed E-state index contributed by atoms with van der Waals surface area (Å²) < 4.78 is 0. The van der Waals surface area contributed by atoms with Gasteiger partial charge in [-0.3, -0.25) is 0 Å². The summed E-state index contributed by atoms with van der Waals surface area (Å²) in [5, 5.41) is 8.59. The molecule has 1 aromatic rings. The van der Waals surface area contributed by atoms with Gasteiger partial charge in [-0.25, -0.2) is 0 Å². The molecule has 68 valence electrons. The van der Waals surface area contributed by atoms with Crippen LogP contribution in [0, 0.1) is 25.2 Å². The van der Waals surface area contributed by atoms with Crippen molar-refractivity contribution in [2.24, 2.45) is 0 Å². The van der Waals surface area contributed by atoms with Crippen LogP contribution in [-0.2, 0) is 0 Å². The van der Waals surface area contributed by atoms with Gasteiger partial charge in [0, 0.05) is 6.42 Å². The Morgan fingerprint density at radius 2 is 2.08 bits per heavy atom. The number of aryl methyl sites for hydroxylation is 2. The Morgan fingerprint density at radius 3 is 2.62 bits per heavy atom. The van der Waals surface area contributed by atoms with Gasteiger partial charge in [-0.2, -0.15) is 5.26 Å². The van der Waals surface area contributed by atoms with E-state index >= 15 is 0 Å². The van der Waals surface area contributed by atoms with Gasteiger partial charge in [0.05, 0.1) is 6.07 Å². The maximum absolute atomic E-state index is 8.59. The first-order chi connectivity index (χ1) is 6.15. The van der Waals surface area contributed by atoms with E-state index in [0.717, 1.165) is 0 Å². The van der Waals surface area contributed by atoms with Gasteiger partial charge in [0.25, 0.3) is 0 Å². The van der Waals surface area contributed by atoms with E-state index in [-0.39, 0.29) is 0 Å². The lowest BCUT2D eigenvalue weighted by molar-refractivity contribution is 0.781. The van der Waals surface area contributed by atoms with Crippen molar-refractivity contribution in [2.75, 3.05) is 0 Å². The molecule has 0 bridgehead atoms. The summed E-state index contributed by atoms with van der Waals surface area (Å²) in [6.45, 7) is 6.29. The van der Waals surface area contributed by atoms with Gasteiger partial charge >= 0.3 is 0 Å². The Kier molecular flexibility index (Phi) is 3.08. The third-order valence-corrected chi connectivity index (χ3v) is 2.35. The maximum Gasteiger partial charge on any atom is 0.0628 e. The van der Waals surface area contributed by atoms with Crippen LogP contribution in [0.1, 0.15) is 36.0 Å². The molecule has 1 nitrogen and oxygen atoms in total. The van der Waals surface area contributed by atoms with Crippen LogP contribution in [-0.4, -0.2) is 0 Å². The number of nitriles is 1.